The van der Waals surface area contributed by atoms with Crippen molar-refractivity contribution in [3.8, 4) is 0 Å². The molecule has 1 heterocycles. The highest BCUT2D eigenvalue weighted by Gasteiger charge is 2.36. The van der Waals surface area contributed by atoms with Crippen molar-refractivity contribution in [2.45, 2.75) is 6.17 Å². The lowest BCUT2D eigenvalue weighted by atomic mass is 10.2. The fourth-order valence-electron chi connectivity index (χ4n) is 1.38. The van der Waals surface area contributed by atoms with Gasteiger partial charge in [-0.25, -0.2) is 0 Å². The first-order chi connectivity index (χ1) is 7.18. The Morgan fingerprint density at radius 2 is 2.13 bits per heavy atom. The number of hydrogen-bond acceptors (Lipinski definition) is 5. The van der Waals surface area contributed by atoms with Gasteiger partial charge in [0.05, 0.1) is 0 Å². The maximum Gasteiger partial charge on any atom is 0.556 e. The van der Waals surface area contributed by atoms with E-state index in [4.69, 9.17) is 4.84 Å². The first-order valence-corrected chi connectivity index (χ1v) is 4.36. The summed E-state index contributed by atoms with van der Waals surface area (Å²) in [5.41, 5.74) is 0.858. The zero-order valence-corrected chi connectivity index (χ0v) is 8.03. The predicted octanol–water partition coefficient (Wildman–Crippen LogP) is 1.19. The summed E-state index contributed by atoms with van der Waals surface area (Å²) < 4.78 is 0. The minimum atomic E-state index is -0.639. The van der Waals surface area contributed by atoms with E-state index in [2.05, 4.69) is 4.99 Å². The largest absolute Gasteiger partial charge is 0.556 e. The molecule has 0 bridgehead atoms. The molecule has 2 rings (SSSR count). The third-order valence-electron chi connectivity index (χ3n) is 2.06. The monoisotopic (exact) mass is 207 g/mol. The van der Waals surface area contributed by atoms with Crippen molar-refractivity contribution in [1.29, 1.82) is 0 Å². The van der Waals surface area contributed by atoms with Crippen molar-refractivity contribution in [2.75, 3.05) is 7.05 Å². The van der Waals surface area contributed by atoms with Gasteiger partial charge in [-0.3, -0.25) is 0 Å². The standard InChI is InChI=1S/C9H9N3O3/c1-11-8(7-5-3-2-4-6-7)10-9(15-11)12(13)14/h2-6,8H,1H3. The van der Waals surface area contributed by atoms with Crippen LogP contribution in [0.25, 0.3) is 0 Å². The maximum atomic E-state index is 10.4. The van der Waals surface area contributed by atoms with Crippen LogP contribution in [0.5, 0.6) is 0 Å². The van der Waals surface area contributed by atoms with Gasteiger partial charge in [0.15, 0.2) is 0 Å². The van der Waals surface area contributed by atoms with E-state index in [-0.39, 0.29) is 0 Å². The summed E-state index contributed by atoms with van der Waals surface area (Å²) in [4.78, 5) is 18.5. The number of nitro groups is 1. The van der Waals surface area contributed by atoms with Crippen molar-refractivity contribution in [2.24, 2.45) is 4.99 Å². The molecule has 1 aliphatic heterocycles. The highest BCUT2D eigenvalue weighted by Crippen LogP contribution is 2.25. The predicted molar refractivity (Wildman–Crippen MR) is 52.5 cm³/mol. The minimum absolute atomic E-state index is 0.438. The summed E-state index contributed by atoms with van der Waals surface area (Å²) in [6.07, 6.45) is -0.438. The van der Waals surface area contributed by atoms with Gasteiger partial charge in [0.1, 0.15) is 0 Å². The lowest BCUT2D eigenvalue weighted by Crippen LogP contribution is -2.21. The van der Waals surface area contributed by atoms with Crippen LogP contribution in [-0.4, -0.2) is 23.1 Å². The second-order valence-electron chi connectivity index (χ2n) is 3.09. The van der Waals surface area contributed by atoms with E-state index in [0.717, 1.165) is 5.56 Å². The lowest BCUT2D eigenvalue weighted by Gasteiger charge is -2.10. The number of benzene rings is 1. The normalized spacial score (nSPS) is 20.9. The van der Waals surface area contributed by atoms with Gasteiger partial charge in [-0.2, -0.15) is 0 Å². The fourth-order valence-corrected chi connectivity index (χ4v) is 1.38. The number of rotatable bonds is 1. The summed E-state index contributed by atoms with van der Waals surface area (Å²) in [7, 11) is 1.61. The van der Waals surface area contributed by atoms with E-state index in [1.807, 2.05) is 30.3 Å². The zero-order valence-electron chi connectivity index (χ0n) is 8.03. The van der Waals surface area contributed by atoms with Gasteiger partial charge in [0.25, 0.3) is 6.17 Å². The molecule has 0 aromatic heterocycles. The van der Waals surface area contributed by atoms with Crippen molar-refractivity contribution in [1.82, 2.24) is 5.06 Å². The summed E-state index contributed by atoms with van der Waals surface area (Å²) in [6, 6.07) is 8.79. The average Bonchev–Trinajstić information content (AvgIpc) is 2.62. The van der Waals surface area contributed by atoms with Crippen LogP contribution < -0.4 is 0 Å². The second-order valence-corrected chi connectivity index (χ2v) is 3.09. The minimum Gasteiger partial charge on any atom is -0.355 e. The molecular formula is C9H9N3O3. The summed E-state index contributed by atoms with van der Waals surface area (Å²) in [6.45, 7) is 0. The Labute approximate surface area is 85.9 Å². The van der Waals surface area contributed by atoms with Crippen LogP contribution in [0, 0.1) is 10.1 Å². The van der Waals surface area contributed by atoms with E-state index in [9.17, 15) is 10.1 Å². The highest BCUT2D eigenvalue weighted by molar-refractivity contribution is 5.66. The van der Waals surface area contributed by atoms with E-state index >= 15 is 0 Å². The third kappa shape index (κ3) is 1.79. The van der Waals surface area contributed by atoms with Crippen LogP contribution in [-0.2, 0) is 4.84 Å². The molecule has 0 saturated heterocycles. The topological polar surface area (TPSA) is 68.0 Å². The molecular weight excluding hydrogens is 198 g/mol. The Balaban J connectivity index is 2.28. The molecule has 1 aromatic rings. The van der Waals surface area contributed by atoms with Crippen LogP contribution in [0.15, 0.2) is 35.3 Å². The first-order valence-electron chi connectivity index (χ1n) is 4.36. The molecule has 6 nitrogen and oxygen atoms in total. The number of hydrogen-bond donors (Lipinski definition) is 0. The molecule has 1 atom stereocenters. The fraction of sp³-hybridized carbons (Fsp3) is 0.222. The Morgan fingerprint density at radius 1 is 1.47 bits per heavy atom. The van der Waals surface area contributed by atoms with Gasteiger partial charge in [0.2, 0.25) is 0 Å². The van der Waals surface area contributed by atoms with Crippen LogP contribution >= 0.6 is 0 Å². The summed E-state index contributed by atoms with van der Waals surface area (Å²) in [5, 5.41) is 11.8. The molecule has 0 saturated carbocycles. The molecule has 0 aliphatic carbocycles. The molecule has 0 N–H and O–H groups in total. The van der Waals surface area contributed by atoms with Crippen LogP contribution in [0.3, 0.4) is 0 Å². The number of aliphatic imine (C=N–C) groups is 1. The van der Waals surface area contributed by atoms with Crippen molar-refractivity contribution < 1.29 is 9.76 Å². The van der Waals surface area contributed by atoms with Crippen molar-refractivity contribution in [3.63, 3.8) is 0 Å². The van der Waals surface area contributed by atoms with Crippen LogP contribution in [0.2, 0.25) is 0 Å². The number of hydroxylamine groups is 2. The van der Waals surface area contributed by atoms with Gasteiger partial charge in [-0.05, 0) is 4.99 Å². The molecule has 1 unspecified atom stereocenters. The van der Waals surface area contributed by atoms with Crippen molar-refractivity contribution >= 4 is 6.02 Å². The maximum absolute atomic E-state index is 10.4. The van der Waals surface area contributed by atoms with Crippen LogP contribution in [0.1, 0.15) is 11.7 Å². The van der Waals surface area contributed by atoms with E-state index in [0.29, 0.717) is 0 Å². The highest BCUT2D eigenvalue weighted by atomic mass is 16.8. The molecule has 78 valence electrons. The summed E-state index contributed by atoms with van der Waals surface area (Å²) in [5.74, 6) is 0. The lowest BCUT2D eigenvalue weighted by molar-refractivity contribution is -0.383. The van der Waals surface area contributed by atoms with Gasteiger partial charge >= 0.3 is 6.02 Å². The summed E-state index contributed by atoms with van der Waals surface area (Å²) >= 11 is 0. The van der Waals surface area contributed by atoms with Crippen LogP contribution in [0.4, 0.5) is 0 Å². The smallest absolute Gasteiger partial charge is 0.355 e. The second kappa shape index (κ2) is 3.66. The number of nitrogens with zero attached hydrogens (tertiary/aromatic N) is 3. The Morgan fingerprint density at radius 3 is 2.67 bits per heavy atom. The zero-order chi connectivity index (χ0) is 10.8. The molecule has 15 heavy (non-hydrogen) atoms. The van der Waals surface area contributed by atoms with E-state index in [1.165, 1.54) is 5.06 Å². The van der Waals surface area contributed by atoms with Gasteiger partial charge in [-0.1, -0.05) is 35.4 Å². The van der Waals surface area contributed by atoms with Crippen molar-refractivity contribution in [3.05, 3.63) is 46.0 Å². The van der Waals surface area contributed by atoms with Gasteiger partial charge in [0, 0.05) is 17.5 Å². The number of amidine groups is 1. The first kappa shape index (κ1) is 9.60. The molecule has 0 amide bonds. The van der Waals surface area contributed by atoms with E-state index in [1.54, 1.807) is 7.05 Å². The Kier molecular flexibility index (Phi) is 2.34. The third-order valence-corrected chi connectivity index (χ3v) is 2.06. The molecule has 0 fully saturated rings. The molecule has 6 heteroatoms. The molecule has 1 aromatic carbocycles. The Hall–Kier alpha value is -1.95. The molecule has 1 aliphatic rings. The molecule has 0 radical (unpaired) electrons. The van der Waals surface area contributed by atoms with E-state index < -0.39 is 17.1 Å². The SMILES string of the molecule is CN1OC([N+](=O)[O-])=NC1c1ccccc1. The Bertz CT molecular complexity index is 404. The quantitative estimate of drug-likeness (QED) is 0.512. The van der Waals surface area contributed by atoms with Gasteiger partial charge in [-0.15, -0.1) is 0 Å². The van der Waals surface area contributed by atoms with Gasteiger partial charge < -0.3 is 15.0 Å². The molecule has 0 spiro atoms. The average molecular weight is 207 g/mol.